The Balaban J connectivity index is 1.77. The van der Waals surface area contributed by atoms with Crippen LogP contribution in [0.25, 0.3) is 22.3 Å². The van der Waals surface area contributed by atoms with Gasteiger partial charge in [-0.05, 0) is 31.2 Å². The summed E-state index contributed by atoms with van der Waals surface area (Å²) in [5.74, 6) is 1.58. The standard InChI is InChI=1S/C21H20Cl2N4O/c1-14(28)13-26-9-11-27(12-10-26)21-19-17(23)7-4-8-18(19)24-20(25-21)15-5-2-3-6-16(15)22/h2-8H,9-13H2,1H3. The van der Waals surface area contributed by atoms with Crippen molar-refractivity contribution >= 4 is 45.7 Å². The fourth-order valence-electron chi connectivity index (χ4n) is 3.55. The van der Waals surface area contributed by atoms with Gasteiger partial charge in [0.05, 0.1) is 27.5 Å². The number of carbonyl (C=O) groups is 1. The SMILES string of the molecule is CC(=O)CN1CCN(c2nc(-c3ccccc3Cl)nc3cccc(Cl)c23)CC1. The Hall–Kier alpha value is -2.21. The maximum Gasteiger partial charge on any atom is 0.163 e. The Morgan fingerprint density at radius 1 is 0.964 bits per heavy atom. The van der Waals surface area contributed by atoms with Crippen LogP contribution in [-0.2, 0) is 4.79 Å². The van der Waals surface area contributed by atoms with Gasteiger partial charge in [-0.2, -0.15) is 0 Å². The van der Waals surface area contributed by atoms with Gasteiger partial charge in [-0.1, -0.05) is 41.4 Å². The molecular weight excluding hydrogens is 395 g/mol. The van der Waals surface area contributed by atoms with Gasteiger partial charge in [0.25, 0.3) is 0 Å². The Labute approximate surface area is 173 Å². The van der Waals surface area contributed by atoms with Gasteiger partial charge in [-0.3, -0.25) is 9.69 Å². The first kappa shape index (κ1) is 19.1. The molecule has 0 aliphatic carbocycles. The summed E-state index contributed by atoms with van der Waals surface area (Å²) in [5, 5.41) is 2.09. The first-order valence-corrected chi connectivity index (χ1v) is 9.96. The van der Waals surface area contributed by atoms with Crippen molar-refractivity contribution in [2.45, 2.75) is 6.92 Å². The van der Waals surface area contributed by atoms with E-state index in [-0.39, 0.29) is 5.78 Å². The second kappa shape index (κ2) is 8.03. The highest BCUT2D eigenvalue weighted by molar-refractivity contribution is 6.36. The van der Waals surface area contributed by atoms with Crippen LogP contribution in [0.3, 0.4) is 0 Å². The van der Waals surface area contributed by atoms with Gasteiger partial charge < -0.3 is 4.90 Å². The third-order valence-corrected chi connectivity index (χ3v) is 5.53. The van der Waals surface area contributed by atoms with Crippen molar-refractivity contribution in [1.29, 1.82) is 0 Å². The fourth-order valence-corrected chi connectivity index (χ4v) is 4.02. The number of rotatable bonds is 4. The molecule has 1 fully saturated rings. The first-order chi connectivity index (χ1) is 13.5. The molecule has 2 aromatic carbocycles. The Kier molecular flexibility index (Phi) is 5.49. The monoisotopic (exact) mass is 414 g/mol. The zero-order valence-electron chi connectivity index (χ0n) is 15.5. The van der Waals surface area contributed by atoms with E-state index in [2.05, 4.69) is 9.80 Å². The number of Topliss-reactive ketones (excluding diaryl/α,β-unsaturated/α-hetero) is 1. The van der Waals surface area contributed by atoms with Crippen molar-refractivity contribution in [1.82, 2.24) is 14.9 Å². The van der Waals surface area contributed by atoms with Crippen LogP contribution in [0.1, 0.15) is 6.92 Å². The predicted molar refractivity (Wildman–Crippen MR) is 114 cm³/mol. The maximum atomic E-state index is 11.4. The molecule has 3 aromatic rings. The highest BCUT2D eigenvalue weighted by Crippen LogP contribution is 2.34. The van der Waals surface area contributed by atoms with Gasteiger partial charge in [0.2, 0.25) is 0 Å². The molecule has 1 aliphatic heterocycles. The molecule has 0 amide bonds. The minimum atomic E-state index is 0.185. The van der Waals surface area contributed by atoms with Crippen molar-refractivity contribution in [2.24, 2.45) is 0 Å². The number of aromatic nitrogens is 2. The Morgan fingerprint density at radius 3 is 2.39 bits per heavy atom. The highest BCUT2D eigenvalue weighted by atomic mass is 35.5. The van der Waals surface area contributed by atoms with Gasteiger partial charge in [-0.15, -0.1) is 0 Å². The van der Waals surface area contributed by atoms with Crippen LogP contribution in [0.4, 0.5) is 5.82 Å². The van der Waals surface area contributed by atoms with Crippen LogP contribution in [0.2, 0.25) is 10.0 Å². The van der Waals surface area contributed by atoms with Crippen LogP contribution < -0.4 is 4.90 Å². The van der Waals surface area contributed by atoms with Gasteiger partial charge in [0.1, 0.15) is 11.6 Å². The molecular formula is C21H20Cl2N4O. The molecule has 4 rings (SSSR count). The van der Waals surface area contributed by atoms with E-state index in [1.807, 2.05) is 42.5 Å². The quantitative estimate of drug-likeness (QED) is 0.636. The molecule has 1 saturated heterocycles. The second-order valence-corrected chi connectivity index (χ2v) is 7.76. The molecule has 0 saturated carbocycles. The predicted octanol–water partition coefficient (Wildman–Crippen LogP) is 4.31. The van der Waals surface area contributed by atoms with Gasteiger partial charge in [-0.25, -0.2) is 9.97 Å². The maximum absolute atomic E-state index is 11.4. The largest absolute Gasteiger partial charge is 0.353 e. The van der Waals surface area contributed by atoms with E-state index in [9.17, 15) is 4.79 Å². The Morgan fingerprint density at radius 2 is 1.68 bits per heavy atom. The third kappa shape index (κ3) is 3.83. The Bertz CT molecular complexity index is 1030. The molecule has 2 heterocycles. The van der Waals surface area contributed by atoms with E-state index >= 15 is 0 Å². The molecule has 0 atom stereocenters. The summed E-state index contributed by atoms with van der Waals surface area (Å²) in [4.78, 5) is 25.4. The average molecular weight is 415 g/mol. The smallest absolute Gasteiger partial charge is 0.163 e. The molecule has 0 N–H and O–H groups in total. The van der Waals surface area contributed by atoms with Crippen LogP contribution in [0, 0.1) is 0 Å². The van der Waals surface area contributed by atoms with Gasteiger partial charge in [0, 0.05) is 31.7 Å². The number of benzene rings is 2. The average Bonchev–Trinajstić information content (AvgIpc) is 2.68. The van der Waals surface area contributed by atoms with Crippen LogP contribution in [0.5, 0.6) is 0 Å². The minimum Gasteiger partial charge on any atom is -0.353 e. The van der Waals surface area contributed by atoms with Crippen LogP contribution in [-0.4, -0.2) is 53.4 Å². The van der Waals surface area contributed by atoms with Crippen LogP contribution in [0.15, 0.2) is 42.5 Å². The van der Waals surface area contributed by atoms with Crippen molar-refractivity contribution in [3.05, 3.63) is 52.5 Å². The molecule has 1 aromatic heterocycles. The van der Waals surface area contributed by atoms with Gasteiger partial charge >= 0.3 is 0 Å². The van der Waals surface area contributed by atoms with E-state index in [0.717, 1.165) is 48.5 Å². The lowest BCUT2D eigenvalue weighted by Gasteiger charge is -2.35. The molecule has 5 nitrogen and oxygen atoms in total. The van der Waals surface area contributed by atoms with E-state index in [4.69, 9.17) is 33.2 Å². The number of fused-ring (bicyclic) bond motifs is 1. The number of halogens is 2. The minimum absolute atomic E-state index is 0.185. The molecule has 0 unspecified atom stereocenters. The molecule has 28 heavy (non-hydrogen) atoms. The number of nitrogens with zero attached hydrogens (tertiary/aromatic N) is 4. The van der Waals surface area contributed by atoms with E-state index in [1.54, 1.807) is 6.92 Å². The topological polar surface area (TPSA) is 49.3 Å². The summed E-state index contributed by atoms with van der Waals surface area (Å²) < 4.78 is 0. The molecule has 0 spiro atoms. The first-order valence-electron chi connectivity index (χ1n) is 9.21. The highest BCUT2D eigenvalue weighted by Gasteiger charge is 2.23. The number of hydrogen-bond donors (Lipinski definition) is 0. The van der Waals surface area contributed by atoms with Crippen molar-refractivity contribution in [2.75, 3.05) is 37.6 Å². The van der Waals surface area contributed by atoms with E-state index in [1.165, 1.54) is 0 Å². The lowest BCUT2D eigenvalue weighted by atomic mass is 10.1. The molecule has 0 bridgehead atoms. The lowest BCUT2D eigenvalue weighted by Crippen LogP contribution is -2.48. The zero-order chi connectivity index (χ0) is 19.7. The van der Waals surface area contributed by atoms with Gasteiger partial charge in [0.15, 0.2) is 5.82 Å². The number of ketones is 1. The van der Waals surface area contributed by atoms with Crippen molar-refractivity contribution < 1.29 is 4.79 Å². The van der Waals surface area contributed by atoms with Crippen molar-refractivity contribution in [3.63, 3.8) is 0 Å². The summed E-state index contributed by atoms with van der Waals surface area (Å²) in [5.41, 5.74) is 1.58. The normalized spacial score (nSPS) is 15.2. The second-order valence-electron chi connectivity index (χ2n) is 6.95. The fraction of sp³-hybridized carbons (Fsp3) is 0.286. The zero-order valence-corrected chi connectivity index (χ0v) is 17.0. The number of anilines is 1. The summed E-state index contributed by atoms with van der Waals surface area (Å²) in [6.07, 6.45) is 0. The number of piperazine rings is 1. The van der Waals surface area contributed by atoms with E-state index < -0.39 is 0 Å². The summed E-state index contributed by atoms with van der Waals surface area (Å²) in [7, 11) is 0. The number of carbonyl (C=O) groups excluding carboxylic acids is 1. The summed E-state index contributed by atoms with van der Waals surface area (Å²) >= 11 is 12.9. The molecule has 0 radical (unpaired) electrons. The molecule has 1 aliphatic rings. The molecule has 144 valence electrons. The van der Waals surface area contributed by atoms with Crippen LogP contribution >= 0.6 is 23.2 Å². The molecule has 7 heteroatoms. The summed E-state index contributed by atoms with van der Waals surface area (Å²) in [6.45, 7) is 5.26. The lowest BCUT2D eigenvalue weighted by molar-refractivity contribution is -0.118. The third-order valence-electron chi connectivity index (χ3n) is 4.89. The number of hydrogen-bond acceptors (Lipinski definition) is 5. The van der Waals surface area contributed by atoms with E-state index in [0.29, 0.717) is 22.4 Å². The van der Waals surface area contributed by atoms with Crippen molar-refractivity contribution in [3.8, 4) is 11.4 Å². The summed E-state index contributed by atoms with van der Waals surface area (Å²) in [6, 6.07) is 13.3.